The van der Waals surface area contributed by atoms with Crippen LogP contribution in [0.4, 0.5) is 16.2 Å². The molecule has 256 valence electrons. The molecule has 2 aromatic rings. The lowest BCUT2D eigenvalue weighted by Crippen LogP contribution is -2.48. The Morgan fingerprint density at radius 1 is 0.938 bits per heavy atom. The average molecular weight is 689 g/mol. The van der Waals surface area contributed by atoms with Crippen molar-refractivity contribution in [3.05, 3.63) is 76.4 Å². The van der Waals surface area contributed by atoms with Crippen LogP contribution in [0.15, 0.2) is 60.7 Å². The molecule has 48 heavy (non-hydrogen) atoms. The Morgan fingerprint density at radius 2 is 1.52 bits per heavy atom. The van der Waals surface area contributed by atoms with Crippen LogP contribution in [0.5, 0.6) is 5.75 Å². The molecule has 0 bridgehead atoms. The van der Waals surface area contributed by atoms with E-state index in [0.29, 0.717) is 16.2 Å². The third-order valence-electron chi connectivity index (χ3n) is 7.11. The molecule has 17 nitrogen and oxygen atoms in total. The van der Waals surface area contributed by atoms with Crippen molar-refractivity contribution in [3.8, 4) is 5.75 Å². The van der Waals surface area contributed by atoms with Gasteiger partial charge in [-0.05, 0) is 42.7 Å². The van der Waals surface area contributed by atoms with Crippen LogP contribution >= 0.6 is 0 Å². The second kappa shape index (κ2) is 15.9. The maximum Gasteiger partial charge on any atom is 0.514 e. The summed E-state index contributed by atoms with van der Waals surface area (Å²) in [4.78, 5) is 85.1. The minimum Gasteiger partial charge on any atom is -0.429 e. The summed E-state index contributed by atoms with van der Waals surface area (Å²) in [5.41, 5.74) is 0.674. The molecule has 3 atom stereocenters. The number of hydrogen-bond acceptors (Lipinski definition) is 12. The molecule has 4 amide bonds. The van der Waals surface area contributed by atoms with Gasteiger partial charge in [-0.2, -0.15) is 8.42 Å². The van der Waals surface area contributed by atoms with Gasteiger partial charge >= 0.3 is 6.16 Å². The molecule has 0 saturated heterocycles. The molecule has 2 aromatic carbocycles. The maximum absolute atomic E-state index is 13.1. The van der Waals surface area contributed by atoms with E-state index in [0.717, 1.165) is 12.2 Å². The number of imide groups is 1. The summed E-state index contributed by atoms with van der Waals surface area (Å²) in [6, 6.07) is 9.79. The molecular weight excluding hydrogens is 656 g/mol. The lowest BCUT2D eigenvalue weighted by atomic mass is 9.88. The van der Waals surface area contributed by atoms with Gasteiger partial charge in [0.1, 0.15) is 18.4 Å². The van der Waals surface area contributed by atoms with E-state index in [2.05, 4.69) is 10.6 Å². The fourth-order valence-electron chi connectivity index (χ4n) is 4.34. The molecule has 0 aromatic heterocycles. The number of carbonyl (C=O) groups is 6. The molecule has 0 spiro atoms. The topological polar surface area (TPSA) is 246 Å². The zero-order chi connectivity index (χ0) is 35.8. The molecule has 1 heterocycles. The van der Waals surface area contributed by atoms with Crippen molar-refractivity contribution in [1.82, 2.24) is 10.2 Å². The van der Waals surface area contributed by atoms with Crippen LogP contribution in [-0.2, 0) is 45.4 Å². The van der Waals surface area contributed by atoms with Crippen LogP contribution in [0.1, 0.15) is 32.8 Å². The minimum absolute atomic E-state index is 0.0455. The number of Topliss-reactive ketones (excluding diaryl/α,β-unsaturated/α-hetero) is 1. The Bertz CT molecular complexity index is 1700. The standard InChI is InChI=1S/C30H32N4O13S/c1-17(2)23(14-24(35)25(48(43,44)45)15-33-26(36)12-13-27(33)37)29(39)31-18(3)28(38)32-20-6-4-19(5-7-20)16-46-30(40)47-22-10-8-21(9-11-22)34(41)42/h4-13,17-18,23,25H,14-16H2,1-3H3,(H,31,39)(H,32,38)(H,43,44,45)/t18-,23-,25?/m0/s1. The van der Waals surface area contributed by atoms with E-state index in [9.17, 15) is 51.9 Å². The van der Waals surface area contributed by atoms with Crippen molar-refractivity contribution in [1.29, 1.82) is 0 Å². The first kappa shape index (κ1) is 37.0. The highest BCUT2D eigenvalue weighted by molar-refractivity contribution is 7.87. The Kier molecular flexibility index (Phi) is 12.2. The lowest BCUT2D eigenvalue weighted by molar-refractivity contribution is -0.384. The first-order chi connectivity index (χ1) is 22.5. The number of benzene rings is 2. The second-order valence-electron chi connectivity index (χ2n) is 11.0. The number of rotatable bonds is 15. The van der Waals surface area contributed by atoms with E-state index < -0.39 is 86.7 Å². The van der Waals surface area contributed by atoms with Gasteiger partial charge in [0.05, 0.1) is 11.5 Å². The maximum atomic E-state index is 13.1. The molecule has 3 N–H and O–H groups in total. The van der Waals surface area contributed by atoms with Gasteiger partial charge in [0, 0.05) is 42.3 Å². The van der Waals surface area contributed by atoms with E-state index in [1.165, 1.54) is 43.3 Å². The monoisotopic (exact) mass is 688 g/mol. The SMILES string of the molecule is CC(C)[C@H](CC(=O)C(CN1C(=O)C=CC1=O)S(=O)(=O)O)C(=O)N[C@@H](C)C(=O)Nc1ccc(COC(=O)Oc2ccc([N+](=O)[O-])cc2)cc1. The van der Waals surface area contributed by atoms with E-state index >= 15 is 0 Å². The average Bonchev–Trinajstić information content (AvgIpc) is 3.33. The minimum atomic E-state index is -5.06. The van der Waals surface area contributed by atoms with Gasteiger partial charge in [0.25, 0.3) is 27.6 Å². The number of nitro groups is 1. The number of nitrogens with one attached hydrogen (secondary N) is 2. The smallest absolute Gasteiger partial charge is 0.429 e. The summed E-state index contributed by atoms with van der Waals surface area (Å²) in [6.45, 7) is 3.43. The van der Waals surface area contributed by atoms with Gasteiger partial charge < -0.3 is 20.1 Å². The third kappa shape index (κ3) is 10.3. The number of non-ortho nitro benzene ring substituents is 1. The molecule has 1 aliphatic rings. The van der Waals surface area contributed by atoms with Gasteiger partial charge in [-0.1, -0.05) is 26.0 Å². The molecule has 0 radical (unpaired) electrons. The predicted octanol–water partition coefficient (Wildman–Crippen LogP) is 2.17. The van der Waals surface area contributed by atoms with Gasteiger partial charge in [0.2, 0.25) is 11.8 Å². The fourth-order valence-corrected chi connectivity index (χ4v) is 5.11. The predicted molar refractivity (Wildman–Crippen MR) is 166 cm³/mol. The molecular formula is C30H32N4O13S. The second-order valence-corrected chi connectivity index (χ2v) is 12.6. The van der Waals surface area contributed by atoms with Gasteiger partial charge in [-0.3, -0.25) is 43.5 Å². The Morgan fingerprint density at radius 3 is 2.04 bits per heavy atom. The molecule has 0 aliphatic carbocycles. The molecule has 3 rings (SSSR count). The first-order valence-electron chi connectivity index (χ1n) is 14.3. The van der Waals surface area contributed by atoms with Crippen LogP contribution in [0.3, 0.4) is 0 Å². The highest BCUT2D eigenvalue weighted by Crippen LogP contribution is 2.21. The van der Waals surface area contributed by atoms with Gasteiger partial charge in [-0.15, -0.1) is 0 Å². The Balaban J connectivity index is 1.52. The number of carbonyl (C=O) groups excluding carboxylic acids is 6. The summed E-state index contributed by atoms with van der Waals surface area (Å²) < 4.78 is 43.6. The highest BCUT2D eigenvalue weighted by atomic mass is 32.2. The summed E-state index contributed by atoms with van der Waals surface area (Å²) in [5.74, 6) is -5.81. The van der Waals surface area contributed by atoms with Crippen molar-refractivity contribution in [2.75, 3.05) is 11.9 Å². The van der Waals surface area contributed by atoms with Crippen LogP contribution in [0, 0.1) is 22.0 Å². The molecule has 0 saturated carbocycles. The van der Waals surface area contributed by atoms with Crippen molar-refractivity contribution in [3.63, 3.8) is 0 Å². The van der Waals surface area contributed by atoms with E-state index in [-0.39, 0.29) is 18.0 Å². The molecule has 0 fully saturated rings. The molecule has 18 heteroatoms. The van der Waals surface area contributed by atoms with Gasteiger partial charge in [-0.25, -0.2) is 4.79 Å². The van der Waals surface area contributed by atoms with Crippen molar-refractivity contribution < 1.29 is 56.1 Å². The number of anilines is 1. The van der Waals surface area contributed by atoms with Crippen molar-refractivity contribution in [2.24, 2.45) is 11.8 Å². The fraction of sp³-hybridized carbons (Fsp3) is 0.333. The number of ketones is 1. The van der Waals surface area contributed by atoms with E-state index in [1.54, 1.807) is 26.0 Å². The van der Waals surface area contributed by atoms with E-state index in [4.69, 9.17) is 9.47 Å². The van der Waals surface area contributed by atoms with Crippen LogP contribution in [-0.4, -0.2) is 76.2 Å². The van der Waals surface area contributed by atoms with Crippen molar-refractivity contribution in [2.45, 2.75) is 45.1 Å². The summed E-state index contributed by atoms with van der Waals surface area (Å²) in [6.07, 6.45) is 0.0616. The summed E-state index contributed by atoms with van der Waals surface area (Å²) >= 11 is 0. The number of amides is 4. The van der Waals surface area contributed by atoms with Crippen LogP contribution in [0.25, 0.3) is 0 Å². The third-order valence-corrected chi connectivity index (χ3v) is 8.24. The Hall–Kier alpha value is -5.49. The van der Waals surface area contributed by atoms with Crippen LogP contribution in [0.2, 0.25) is 0 Å². The number of nitrogens with zero attached hydrogens (tertiary/aromatic N) is 2. The first-order valence-corrected chi connectivity index (χ1v) is 15.8. The largest absolute Gasteiger partial charge is 0.514 e. The normalized spacial score (nSPS) is 14.6. The Labute approximate surface area is 274 Å². The van der Waals surface area contributed by atoms with Crippen LogP contribution < -0.4 is 15.4 Å². The van der Waals surface area contributed by atoms with Crippen molar-refractivity contribution >= 4 is 57.1 Å². The quantitative estimate of drug-likeness (QED) is 0.0607. The molecule has 1 unspecified atom stereocenters. The zero-order valence-electron chi connectivity index (χ0n) is 25.9. The number of nitro benzene ring substituents is 1. The number of hydrogen-bond donors (Lipinski definition) is 3. The summed E-state index contributed by atoms with van der Waals surface area (Å²) in [7, 11) is -5.06. The highest BCUT2D eigenvalue weighted by Gasteiger charge is 2.39. The lowest BCUT2D eigenvalue weighted by Gasteiger charge is -2.25. The van der Waals surface area contributed by atoms with Gasteiger partial charge in [0.15, 0.2) is 11.0 Å². The van der Waals surface area contributed by atoms with E-state index in [1.807, 2.05) is 0 Å². The molecule has 1 aliphatic heterocycles. The number of ether oxygens (including phenoxy) is 2. The zero-order valence-corrected chi connectivity index (χ0v) is 26.7. The summed E-state index contributed by atoms with van der Waals surface area (Å²) in [5, 5.41) is 13.6.